The second-order valence-electron chi connectivity index (χ2n) is 4.72. The molecule has 0 aliphatic carbocycles. The van der Waals surface area contributed by atoms with Gasteiger partial charge in [0.25, 0.3) is 0 Å². The normalized spacial score (nSPS) is 12.2. The molecular weight excluding hydrogens is 401 g/mol. The Labute approximate surface area is 141 Å². The Morgan fingerprint density at radius 3 is 2.52 bits per heavy atom. The zero-order valence-corrected chi connectivity index (χ0v) is 15.0. The fraction of sp³-hybridized carbons (Fsp3) is 0.250. The summed E-state index contributed by atoms with van der Waals surface area (Å²) in [6.07, 6.45) is 0. The van der Waals surface area contributed by atoms with Crippen LogP contribution in [0.4, 0.5) is 4.39 Å². The Hall–Kier alpha value is -0.910. The molecule has 2 aromatic carbocycles. The maximum absolute atomic E-state index is 13.7. The molecule has 1 atom stereocenters. The van der Waals surface area contributed by atoms with Gasteiger partial charge in [0.1, 0.15) is 18.2 Å². The Bertz CT molecular complexity index is 634. The van der Waals surface area contributed by atoms with Crippen molar-refractivity contribution in [2.45, 2.75) is 19.6 Å². The Balaban J connectivity index is 2.21. The molecule has 0 amide bonds. The van der Waals surface area contributed by atoms with Crippen molar-refractivity contribution >= 4 is 31.9 Å². The number of nitrogens with one attached hydrogen (secondary N) is 1. The summed E-state index contributed by atoms with van der Waals surface area (Å²) >= 11 is 6.80. The molecule has 0 saturated heterocycles. The molecule has 2 rings (SSSR count). The molecule has 0 aromatic heterocycles. The number of halogens is 3. The highest BCUT2D eigenvalue weighted by Crippen LogP contribution is 2.29. The molecule has 1 N–H and O–H groups in total. The lowest BCUT2D eigenvalue weighted by molar-refractivity contribution is 0.294. The fourth-order valence-corrected chi connectivity index (χ4v) is 2.74. The molecule has 21 heavy (non-hydrogen) atoms. The number of rotatable bonds is 5. The Morgan fingerprint density at radius 1 is 1.14 bits per heavy atom. The van der Waals surface area contributed by atoms with Crippen LogP contribution in [0.15, 0.2) is 45.3 Å². The monoisotopic (exact) mass is 415 g/mol. The van der Waals surface area contributed by atoms with E-state index in [1.807, 2.05) is 32.2 Å². The first-order valence-electron chi connectivity index (χ1n) is 6.54. The smallest absolute Gasteiger partial charge is 0.129 e. The Kier molecular flexibility index (Phi) is 5.79. The third kappa shape index (κ3) is 4.28. The molecule has 5 heteroatoms. The fourth-order valence-electron chi connectivity index (χ4n) is 1.95. The van der Waals surface area contributed by atoms with Gasteiger partial charge in [0, 0.05) is 26.1 Å². The lowest BCUT2D eigenvalue weighted by atomic mass is 10.1. The maximum atomic E-state index is 13.7. The molecule has 0 spiro atoms. The van der Waals surface area contributed by atoms with Crippen molar-refractivity contribution in [3.8, 4) is 5.75 Å². The summed E-state index contributed by atoms with van der Waals surface area (Å²) in [5, 5.41) is 3.19. The van der Waals surface area contributed by atoms with Crippen LogP contribution in [0.3, 0.4) is 0 Å². The first-order chi connectivity index (χ1) is 10.0. The lowest BCUT2D eigenvalue weighted by Gasteiger charge is -2.17. The molecule has 0 aliphatic rings. The average molecular weight is 417 g/mol. The van der Waals surface area contributed by atoms with Crippen molar-refractivity contribution in [3.05, 3.63) is 62.3 Å². The van der Waals surface area contributed by atoms with Crippen molar-refractivity contribution < 1.29 is 9.13 Å². The topological polar surface area (TPSA) is 21.3 Å². The van der Waals surface area contributed by atoms with Gasteiger partial charge < -0.3 is 10.1 Å². The minimum absolute atomic E-state index is 0.143. The van der Waals surface area contributed by atoms with Crippen molar-refractivity contribution in [2.75, 3.05) is 7.05 Å². The second-order valence-corrected chi connectivity index (χ2v) is 6.55. The predicted octanol–water partition coefficient (Wildman–Crippen LogP) is 5.21. The van der Waals surface area contributed by atoms with E-state index < -0.39 is 0 Å². The molecule has 0 aliphatic heterocycles. The molecule has 0 fully saturated rings. The molecule has 0 radical (unpaired) electrons. The van der Waals surface area contributed by atoms with Crippen molar-refractivity contribution in [1.29, 1.82) is 0 Å². The van der Waals surface area contributed by atoms with Gasteiger partial charge in [-0.25, -0.2) is 4.39 Å². The van der Waals surface area contributed by atoms with Gasteiger partial charge in [-0.1, -0.05) is 31.9 Å². The van der Waals surface area contributed by atoms with Crippen molar-refractivity contribution in [3.63, 3.8) is 0 Å². The van der Waals surface area contributed by atoms with Crippen LogP contribution >= 0.6 is 31.9 Å². The summed E-state index contributed by atoms with van der Waals surface area (Å²) in [5.41, 5.74) is 1.55. The van der Waals surface area contributed by atoms with E-state index in [0.29, 0.717) is 5.56 Å². The molecule has 0 saturated carbocycles. The van der Waals surface area contributed by atoms with Crippen LogP contribution in [0.5, 0.6) is 5.75 Å². The highest BCUT2D eigenvalue weighted by molar-refractivity contribution is 9.10. The van der Waals surface area contributed by atoms with Crippen LogP contribution in [0.2, 0.25) is 0 Å². The largest absolute Gasteiger partial charge is 0.488 e. The van der Waals surface area contributed by atoms with E-state index in [2.05, 4.69) is 37.2 Å². The number of hydrogen-bond acceptors (Lipinski definition) is 2. The first-order valence-corrected chi connectivity index (χ1v) is 8.13. The van der Waals surface area contributed by atoms with Gasteiger partial charge in [0.05, 0.1) is 0 Å². The zero-order valence-electron chi connectivity index (χ0n) is 11.8. The second kappa shape index (κ2) is 7.38. The third-order valence-electron chi connectivity index (χ3n) is 3.26. The summed E-state index contributed by atoms with van der Waals surface area (Å²) in [6.45, 7) is 2.24. The van der Waals surface area contributed by atoms with Crippen LogP contribution in [-0.4, -0.2) is 7.05 Å². The van der Waals surface area contributed by atoms with E-state index in [0.717, 1.165) is 20.3 Å². The standard InChI is InChI=1S/C16H16Br2FNO/c1-10(20-2)14-8-13(18)4-6-16(14)21-9-11-7-12(17)3-5-15(11)19/h3-8,10,20H,9H2,1-2H3. The minimum Gasteiger partial charge on any atom is -0.488 e. The summed E-state index contributed by atoms with van der Waals surface area (Å²) < 4.78 is 21.4. The lowest BCUT2D eigenvalue weighted by Crippen LogP contribution is -2.14. The molecule has 1 unspecified atom stereocenters. The first kappa shape index (κ1) is 16.5. The Morgan fingerprint density at radius 2 is 1.81 bits per heavy atom. The third-order valence-corrected chi connectivity index (χ3v) is 4.25. The summed E-state index contributed by atoms with van der Waals surface area (Å²) in [4.78, 5) is 0. The molecule has 0 heterocycles. The van der Waals surface area contributed by atoms with Gasteiger partial charge in [-0.15, -0.1) is 0 Å². The van der Waals surface area contributed by atoms with E-state index in [1.165, 1.54) is 6.07 Å². The van der Waals surface area contributed by atoms with E-state index in [-0.39, 0.29) is 18.5 Å². The predicted molar refractivity (Wildman–Crippen MR) is 90.0 cm³/mol. The summed E-state index contributed by atoms with van der Waals surface area (Å²) in [6, 6.07) is 10.8. The highest BCUT2D eigenvalue weighted by Gasteiger charge is 2.12. The van der Waals surface area contributed by atoms with Gasteiger partial charge in [-0.2, -0.15) is 0 Å². The molecule has 0 bridgehead atoms. The van der Waals surface area contributed by atoms with Crippen LogP contribution in [-0.2, 0) is 6.61 Å². The van der Waals surface area contributed by atoms with Gasteiger partial charge in [0.15, 0.2) is 0 Å². The number of benzene rings is 2. The van der Waals surface area contributed by atoms with Gasteiger partial charge in [0.2, 0.25) is 0 Å². The molecular formula is C16H16Br2FNO. The highest BCUT2D eigenvalue weighted by atomic mass is 79.9. The van der Waals surface area contributed by atoms with Crippen LogP contribution in [0, 0.1) is 5.82 Å². The van der Waals surface area contributed by atoms with E-state index in [4.69, 9.17) is 4.74 Å². The van der Waals surface area contributed by atoms with Crippen LogP contribution in [0.25, 0.3) is 0 Å². The number of ether oxygens (including phenoxy) is 1. The minimum atomic E-state index is -0.265. The van der Waals surface area contributed by atoms with Crippen molar-refractivity contribution in [2.24, 2.45) is 0 Å². The van der Waals surface area contributed by atoms with Gasteiger partial charge in [-0.3, -0.25) is 0 Å². The van der Waals surface area contributed by atoms with E-state index in [1.54, 1.807) is 12.1 Å². The average Bonchev–Trinajstić information content (AvgIpc) is 2.48. The van der Waals surface area contributed by atoms with Gasteiger partial charge in [-0.05, 0) is 50.4 Å². The SMILES string of the molecule is CNC(C)c1cc(Br)ccc1OCc1cc(Br)ccc1F. The molecule has 2 aromatic rings. The van der Waals surface area contributed by atoms with E-state index in [9.17, 15) is 4.39 Å². The zero-order chi connectivity index (χ0) is 15.4. The van der Waals surface area contributed by atoms with E-state index >= 15 is 0 Å². The number of hydrogen-bond donors (Lipinski definition) is 1. The van der Waals surface area contributed by atoms with Gasteiger partial charge >= 0.3 is 0 Å². The van der Waals surface area contributed by atoms with Crippen LogP contribution < -0.4 is 10.1 Å². The van der Waals surface area contributed by atoms with Crippen molar-refractivity contribution in [1.82, 2.24) is 5.32 Å². The maximum Gasteiger partial charge on any atom is 0.129 e. The quantitative estimate of drug-likeness (QED) is 0.722. The summed E-state index contributed by atoms with van der Waals surface area (Å²) in [7, 11) is 1.89. The molecule has 2 nitrogen and oxygen atoms in total. The summed E-state index contributed by atoms with van der Waals surface area (Å²) in [5.74, 6) is 0.484. The van der Waals surface area contributed by atoms with Crippen LogP contribution in [0.1, 0.15) is 24.1 Å². The molecule has 112 valence electrons.